The first-order valence-corrected chi connectivity index (χ1v) is 12.2. The van der Waals surface area contributed by atoms with Crippen LogP contribution in [0.5, 0.6) is 5.75 Å². The number of carbonyl (C=O) groups is 1. The summed E-state index contributed by atoms with van der Waals surface area (Å²) in [7, 11) is 0. The predicted octanol–water partition coefficient (Wildman–Crippen LogP) is 5.85. The van der Waals surface area contributed by atoms with Gasteiger partial charge >= 0.3 is 0 Å². The van der Waals surface area contributed by atoms with Crippen LogP contribution < -0.4 is 10.1 Å². The summed E-state index contributed by atoms with van der Waals surface area (Å²) in [6, 6.07) is 11.7. The Kier molecular flexibility index (Phi) is 6.91. The maximum atomic E-state index is 12.2. The molecule has 0 aliphatic heterocycles. The number of aromatic nitrogens is 2. The van der Waals surface area contributed by atoms with E-state index in [9.17, 15) is 4.79 Å². The number of aryl methyl sites for hydroxylation is 2. The molecule has 5 nitrogen and oxygen atoms in total. The quantitative estimate of drug-likeness (QED) is 0.330. The molecule has 31 heavy (non-hydrogen) atoms. The van der Waals surface area contributed by atoms with Crippen LogP contribution in [0.25, 0.3) is 16.6 Å². The number of nitrogens with zero attached hydrogens (tertiary/aromatic N) is 2. The second-order valence-electron chi connectivity index (χ2n) is 6.79. The molecular weight excluding hydrogens is 446 g/mol. The molecule has 1 N–H and O–H groups in total. The van der Waals surface area contributed by atoms with Gasteiger partial charge in [0.25, 0.3) is 0 Å². The standard InChI is InChI=1S/C23H21N3O2S3/c1-15-25-18(13-29-15)12-28-19-5-3-4-17(10-19)6-9-23(27)24-11-20-7-8-22(31-20)21-14-30-16(2)26-21/h3-10,13-14H,11-12H2,1-2H3,(H,24,27)/b9-6+. The number of carbonyl (C=O) groups excluding carboxylic acids is 1. The lowest BCUT2D eigenvalue weighted by Crippen LogP contribution is -2.19. The van der Waals surface area contributed by atoms with Gasteiger partial charge in [-0.1, -0.05) is 12.1 Å². The molecule has 0 radical (unpaired) electrons. The number of thiazole rings is 2. The average Bonchev–Trinajstić information content (AvgIpc) is 3.51. The SMILES string of the molecule is Cc1nc(COc2cccc(/C=C/C(=O)NCc3ccc(-c4csc(C)n4)s3)c2)cs1. The Morgan fingerprint density at radius 1 is 1.10 bits per heavy atom. The van der Waals surface area contributed by atoms with E-state index in [4.69, 9.17) is 4.74 Å². The number of hydrogen-bond acceptors (Lipinski definition) is 7. The molecule has 0 fully saturated rings. The molecule has 0 aliphatic rings. The first-order chi connectivity index (χ1) is 15.0. The molecule has 158 valence electrons. The van der Waals surface area contributed by atoms with Gasteiger partial charge in [-0.15, -0.1) is 34.0 Å². The van der Waals surface area contributed by atoms with Gasteiger partial charge in [-0.3, -0.25) is 4.79 Å². The van der Waals surface area contributed by atoms with Gasteiger partial charge in [-0.25, -0.2) is 9.97 Å². The fraction of sp³-hybridized carbons (Fsp3) is 0.174. The molecular formula is C23H21N3O2S3. The summed E-state index contributed by atoms with van der Waals surface area (Å²) >= 11 is 4.90. The van der Waals surface area contributed by atoms with Gasteiger partial charge in [-0.2, -0.15) is 0 Å². The number of ether oxygens (including phenoxy) is 1. The third kappa shape index (κ3) is 6.10. The van der Waals surface area contributed by atoms with Crippen molar-refractivity contribution in [1.82, 2.24) is 15.3 Å². The van der Waals surface area contributed by atoms with Gasteiger partial charge < -0.3 is 10.1 Å². The summed E-state index contributed by atoms with van der Waals surface area (Å²) in [4.78, 5) is 23.3. The molecule has 3 aromatic heterocycles. The topological polar surface area (TPSA) is 64.1 Å². The van der Waals surface area contributed by atoms with Crippen molar-refractivity contribution in [1.29, 1.82) is 0 Å². The third-order valence-corrected chi connectivity index (χ3v) is 7.01. The third-order valence-electron chi connectivity index (χ3n) is 4.31. The van der Waals surface area contributed by atoms with Crippen LogP contribution in [0.2, 0.25) is 0 Å². The van der Waals surface area contributed by atoms with E-state index < -0.39 is 0 Å². The highest BCUT2D eigenvalue weighted by Crippen LogP contribution is 2.28. The molecule has 0 atom stereocenters. The minimum Gasteiger partial charge on any atom is -0.487 e. The molecule has 0 bridgehead atoms. The maximum Gasteiger partial charge on any atom is 0.244 e. The Morgan fingerprint density at radius 2 is 1.94 bits per heavy atom. The van der Waals surface area contributed by atoms with E-state index in [0.717, 1.165) is 42.5 Å². The largest absolute Gasteiger partial charge is 0.487 e. The molecule has 8 heteroatoms. The Hall–Kier alpha value is -2.81. The van der Waals surface area contributed by atoms with Crippen LogP contribution in [-0.2, 0) is 17.9 Å². The Bertz CT molecular complexity index is 1210. The number of rotatable bonds is 8. The fourth-order valence-corrected chi connectivity index (χ4v) is 5.02. The van der Waals surface area contributed by atoms with Crippen LogP contribution in [0.4, 0.5) is 0 Å². The van der Waals surface area contributed by atoms with Crippen molar-refractivity contribution < 1.29 is 9.53 Å². The van der Waals surface area contributed by atoms with E-state index in [1.54, 1.807) is 46.2 Å². The zero-order valence-corrected chi connectivity index (χ0v) is 19.6. The maximum absolute atomic E-state index is 12.2. The second kappa shape index (κ2) is 10.00. The van der Waals surface area contributed by atoms with Crippen molar-refractivity contribution in [3.05, 3.63) is 79.4 Å². The van der Waals surface area contributed by atoms with Crippen LogP contribution in [0.15, 0.2) is 53.2 Å². The highest BCUT2D eigenvalue weighted by molar-refractivity contribution is 7.16. The molecule has 1 amide bonds. The molecule has 4 aromatic rings. The van der Waals surface area contributed by atoms with Crippen LogP contribution in [0, 0.1) is 13.8 Å². The Morgan fingerprint density at radius 3 is 2.71 bits per heavy atom. The van der Waals surface area contributed by atoms with Gasteiger partial charge in [0, 0.05) is 21.7 Å². The Balaban J connectivity index is 1.28. The predicted molar refractivity (Wildman–Crippen MR) is 129 cm³/mol. The van der Waals surface area contributed by atoms with Gasteiger partial charge in [-0.05, 0) is 49.8 Å². The van der Waals surface area contributed by atoms with Crippen molar-refractivity contribution in [3.8, 4) is 16.3 Å². The lowest BCUT2D eigenvalue weighted by molar-refractivity contribution is -0.116. The summed E-state index contributed by atoms with van der Waals surface area (Å²) in [5, 5.41) is 9.06. The summed E-state index contributed by atoms with van der Waals surface area (Å²) in [5.74, 6) is 0.611. The second-order valence-corrected chi connectivity index (χ2v) is 10.1. The highest BCUT2D eigenvalue weighted by atomic mass is 32.1. The molecule has 1 aromatic carbocycles. The Labute approximate surface area is 193 Å². The minimum absolute atomic E-state index is 0.135. The van der Waals surface area contributed by atoms with Crippen molar-refractivity contribution >= 4 is 46.0 Å². The highest BCUT2D eigenvalue weighted by Gasteiger charge is 2.07. The summed E-state index contributed by atoms with van der Waals surface area (Å²) < 4.78 is 5.81. The van der Waals surface area contributed by atoms with Crippen LogP contribution >= 0.6 is 34.0 Å². The van der Waals surface area contributed by atoms with Gasteiger partial charge in [0.15, 0.2) is 0 Å². The zero-order chi connectivity index (χ0) is 21.6. The van der Waals surface area contributed by atoms with Crippen molar-refractivity contribution in [2.75, 3.05) is 0 Å². The smallest absolute Gasteiger partial charge is 0.244 e. The zero-order valence-electron chi connectivity index (χ0n) is 17.1. The van der Waals surface area contributed by atoms with Gasteiger partial charge in [0.2, 0.25) is 5.91 Å². The molecule has 0 unspecified atom stereocenters. The van der Waals surface area contributed by atoms with Gasteiger partial charge in [0.1, 0.15) is 12.4 Å². The molecule has 4 rings (SSSR count). The van der Waals surface area contributed by atoms with Crippen molar-refractivity contribution in [2.24, 2.45) is 0 Å². The van der Waals surface area contributed by atoms with Gasteiger partial charge in [0.05, 0.1) is 32.8 Å². The number of amides is 1. The average molecular weight is 468 g/mol. The van der Waals surface area contributed by atoms with Crippen LogP contribution in [0.1, 0.15) is 26.1 Å². The van der Waals surface area contributed by atoms with Crippen LogP contribution in [-0.4, -0.2) is 15.9 Å². The van der Waals surface area contributed by atoms with Crippen molar-refractivity contribution in [3.63, 3.8) is 0 Å². The first kappa shape index (κ1) is 21.4. The summed E-state index contributed by atoms with van der Waals surface area (Å²) in [6.45, 7) is 4.90. The number of hydrogen-bond donors (Lipinski definition) is 1. The first-order valence-electron chi connectivity index (χ1n) is 9.66. The van der Waals surface area contributed by atoms with Crippen molar-refractivity contribution in [2.45, 2.75) is 27.0 Å². The lowest BCUT2D eigenvalue weighted by atomic mass is 10.2. The number of benzene rings is 1. The monoisotopic (exact) mass is 467 g/mol. The number of nitrogens with one attached hydrogen (secondary N) is 1. The van der Waals surface area contributed by atoms with E-state index in [-0.39, 0.29) is 5.91 Å². The summed E-state index contributed by atoms with van der Waals surface area (Å²) in [6.07, 6.45) is 3.33. The van der Waals surface area contributed by atoms with Crippen LogP contribution in [0.3, 0.4) is 0 Å². The molecule has 0 saturated heterocycles. The minimum atomic E-state index is -0.135. The normalized spacial score (nSPS) is 11.2. The number of thiophene rings is 1. The van der Waals surface area contributed by atoms with E-state index in [0.29, 0.717) is 13.2 Å². The van der Waals surface area contributed by atoms with E-state index in [2.05, 4.69) is 26.7 Å². The molecule has 0 saturated carbocycles. The molecule has 0 spiro atoms. The molecule has 3 heterocycles. The molecule has 0 aliphatic carbocycles. The summed E-state index contributed by atoms with van der Waals surface area (Å²) in [5.41, 5.74) is 2.82. The fourth-order valence-electron chi connectivity index (χ4n) is 2.83. The lowest BCUT2D eigenvalue weighted by Gasteiger charge is -2.05. The van der Waals surface area contributed by atoms with E-state index in [1.807, 2.05) is 49.6 Å². The van der Waals surface area contributed by atoms with E-state index in [1.165, 1.54) is 0 Å². The van der Waals surface area contributed by atoms with E-state index >= 15 is 0 Å².